The number of amides is 2. The minimum atomic E-state index is -0.430. The number of allylic oxidation sites excluding steroid dienone is 1. The predicted octanol–water partition coefficient (Wildman–Crippen LogP) is 2.81. The molecular formula is C22H31N3O3. The van der Waals surface area contributed by atoms with E-state index in [-0.39, 0.29) is 24.3 Å². The molecule has 1 aromatic carbocycles. The van der Waals surface area contributed by atoms with Crippen LogP contribution in [0.25, 0.3) is 5.57 Å². The van der Waals surface area contributed by atoms with Crippen LogP contribution in [0.2, 0.25) is 0 Å². The Labute approximate surface area is 167 Å². The Kier molecular flexibility index (Phi) is 5.79. The van der Waals surface area contributed by atoms with Crippen LogP contribution in [0.5, 0.6) is 5.75 Å². The number of likely N-dealkylation sites (tertiary alicyclic amines) is 1. The third-order valence-electron chi connectivity index (χ3n) is 5.61. The molecule has 0 saturated carbocycles. The Bertz CT molecular complexity index is 800. The zero-order valence-corrected chi connectivity index (χ0v) is 17.3. The van der Waals surface area contributed by atoms with Crippen molar-refractivity contribution in [3.8, 4) is 5.75 Å². The second-order valence-electron chi connectivity index (χ2n) is 8.30. The Balaban J connectivity index is 1.86. The molecule has 0 aliphatic carbocycles. The Morgan fingerprint density at radius 1 is 1.32 bits per heavy atom. The fraction of sp³-hybridized carbons (Fsp3) is 0.545. The van der Waals surface area contributed by atoms with E-state index in [0.29, 0.717) is 13.2 Å². The molecule has 2 heterocycles. The highest BCUT2D eigenvalue weighted by Gasteiger charge is 2.37. The maximum absolute atomic E-state index is 13.3. The minimum absolute atomic E-state index is 0.0317. The number of ether oxygens (including phenoxy) is 1. The molecule has 1 aromatic rings. The number of nitrogens with zero attached hydrogens (tertiary/aromatic N) is 2. The molecule has 6 nitrogen and oxygen atoms in total. The van der Waals surface area contributed by atoms with E-state index in [9.17, 15) is 9.59 Å². The molecule has 1 atom stereocenters. The molecule has 1 fully saturated rings. The fourth-order valence-electron chi connectivity index (χ4n) is 4.41. The van der Waals surface area contributed by atoms with Crippen molar-refractivity contribution >= 4 is 23.1 Å². The van der Waals surface area contributed by atoms with Crippen LogP contribution in [-0.4, -0.2) is 48.5 Å². The van der Waals surface area contributed by atoms with Crippen LogP contribution >= 0.6 is 0 Å². The highest BCUT2D eigenvalue weighted by Crippen LogP contribution is 2.40. The van der Waals surface area contributed by atoms with E-state index in [1.165, 1.54) is 0 Å². The van der Waals surface area contributed by atoms with Gasteiger partial charge in [-0.25, -0.2) is 0 Å². The second-order valence-corrected chi connectivity index (χ2v) is 8.30. The van der Waals surface area contributed by atoms with Crippen LogP contribution in [0.15, 0.2) is 24.3 Å². The van der Waals surface area contributed by atoms with E-state index in [0.717, 1.165) is 42.0 Å². The molecule has 0 spiro atoms. The fourth-order valence-corrected chi connectivity index (χ4v) is 4.41. The molecule has 0 radical (unpaired) electrons. The van der Waals surface area contributed by atoms with Gasteiger partial charge in [0.1, 0.15) is 5.75 Å². The lowest BCUT2D eigenvalue weighted by molar-refractivity contribution is -0.126. The summed E-state index contributed by atoms with van der Waals surface area (Å²) in [4.78, 5) is 28.8. The van der Waals surface area contributed by atoms with E-state index in [4.69, 9.17) is 10.5 Å². The summed E-state index contributed by atoms with van der Waals surface area (Å²) >= 11 is 0. The zero-order valence-electron chi connectivity index (χ0n) is 17.3. The summed E-state index contributed by atoms with van der Waals surface area (Å²) in [5.41, 5.74) is 8.11. The molecule has 1 saturated heterocycles. The zero-order chi connectivity index (χ0) is 20.5. The van der Waals surface area contributed by atoms with Crippen molar-refractivity contribution in [2.24, 2.45) is 11.7 Å². The Morgan fingerprint density at radius 3 is 2.75 bits per heavy atom. The van der Waals surface area contributed by atoms with Crippen LogP contribution < -0.4 is 15.4 Å². The summed E-state index contributed by atoms with van der Waals surface area (Å²) in [7, 11) is 0. The summed E-state index contributed by atoms with van der Waals surface area (Å²) in [6, 6.07) is 5.89. The topological polar surface area (TPSA) is 75.9 Å². The second kappa shape index (κ2) is 7.95. The van der Waals surface area contributed by atoms with Gasteiger partial charge in [0.15, 0.2) is 0 Å². The van der Waals surface area contributed by atoms with E-state index < -0.39 is 5.54 Å². The van der Waals surface area contributed by atoms with Crippen molar-refractivity contribution < 1.29 is 14.3 Å². The van der Waals surface area contributed by atoms with E-state index >= 15 is 0 Å². The molecule has 2 aliphatic rings. The van der Waals surface area contributed by atoms with Gasteiger partial charge in [-0.1, -0.05) is 6.08 Å². The molecule has 3 rings (SSSR count). The SMILES string of the molecule is CCOc1ccc2c(c1)C(C)=CC(C)(C)N2C(=O)CN1CCC[C@H](C(N)=O)C1. The first-order chi connectivity index (χ1) is 13.2. The van der Waals surface area contributed by atoms with Crippen LogP contribution in [-0.2, 0) is 9.59 Å². The normalized spacial score (nSPS) is 21.6. The summed E-state index contributed by atoms with van der Waals surface area (Å²) in [6.07, 6.45) is 3.82. The van der Waals surface area contributed by atoms with Crippen molar-refractivity contribution in [2.75, 3.05) is 31.1 Å². The predicted molar refractivity (Wildman–Crippen MR) is 111 cm³/mol. The van der Waals surface area contributed by atoms with Gasteiger partial charge in [0, 0.05) is 12.1 Å². The van der Waals surface area contributed by atoms with Crippen molar-refractivity contribution in [1.82, 2.24) is 4.90 Å². The van der Waals surface area contributed by atoms with Crippen LogP contribution in [0.3, 0.4) is 0 Å². The van der Waals surface area contributed by atoms with E-state index in [2.05, 4.69) is 31.7 Å². The molecule has 2 amide bonds. The lowest BCUT2D eigenvalue weighted by Gasteiger charge is -2.43. The van der Waals surface area contributed by atoms with Gasteiger partial charge >= 0.3 is 0 Å². The highest BCUT2D eigenvalue weighted by atomic mass is 16.5. The van der Waals surface area contributed by atoms with Gasteiger partial charge in [-0.3, -0.25) is 14.5 Å². The molecule has 0 unspecified atom stereocenters. The van der Waals surface area contributed by atoms with Gasteiger partial charge < -0.3 is 15.4 Å². The molecule has 2 N–H and O–H groups in total. The van der Waals surface area contributed by atoms with Gasteiger partial charge in [-0.05, 0) is 70.9 Å². The Hall–Kier alpha value is -2.34. The van der Waals surface area contributed by atoms with E-state index in [1.807, 2.05) is 30.0 Å². The van der Waals surface area contributed by atoms with Gasteiger partial charge in [-0.2, -0.15) is 0 Å². The molecule has 0 aromatic heterocycles. The van der Waals surface area contributed by atoms with E-state index in [1.54, 1.807) is 0 Å². The number of anilines is 1. The number of hydrogen-bond acceptors (Lipinski definition) is 4. The maximum Gasteiger partial charge on any atom is 0.241 e. The number of benzene rings is 1. The smallest absolute Gasteiger partial charge is 0.241 e. The van der Waals surface area contributed by atoms with Crippen molar-refractivity contribution in [2.45, 2.75) is 46.1 Å². The first-order valence-corrected chi connectivity index (χ1v) is 10.0. The van der Waals surface area contributed by atoms with Crippen molar-refractivity contribution in [3.05, 3.63) is 29.8 Å². The summed E-state index contributed by atoms with van der Waals surface area (Å²) in [5, 5.41) is 0. The third-order valence-corrected chi connectivity index (χ3v) is 5.61. The van der Waals surface area contributed by atoms with Crippen LogP contribution in [0.4, 0.5) is 5.69 Å². The average molecular weight is 386 g/mol. The number of carbonyl (C=O) groups is 2. The maximum atomic E-state index is 13.3. The number of carbonyl (C=O) groups excluding carboxylic acids is 2. The molecule has 6 heteroatoms. The number of fused-ring (bicyclic) bond motifs is 1. The number of rotatable bonds is 5. The third kappa shape index (κ3) is 4.07. The highest BCUT2D eigenvalue weighted by molar-refractivity contribution is 6.01. The number of hydrogen-bond donors (Lipinski definition) is 1. The average Bonchev–Trinajstić information content (AvgIpc) is 2.62. The van der Waals surface area contributed by atoms with Crippen molar-refractivity contribution in [1.29, 1.82) is 0 Å². The van der Waals surface area contributed by atoms with Gasteiger partial charge in [-0.15, -0.1) is 0 Å². The largest absolute Gasteiger partial charge is 0.494 e. The first kappa shape index (κ1) is 20.4. The minimum Gasteiger partial charge on any atom is -0.494 e. The number of primary amides is 1. The van der Waals surface area contributed by atoms with Gasteiger partial charge in [0.05, 0.1) is 30.3 Å². The van der Waals surface area contributed by atoms with Crippen LogP contribution in [0.1, 0.15) is 46.1 Å². The molecule has 28 heavy (non-hydrogen) atoms. The Morgan fingerprint density at radius 2 is 2.07 bits per heavy atom. The van der Waals surface area contributed by atoms with Crippen LogP contribution in [0, 0.1) is 5.92 Å². The summed E-state index contributed by atoms with van der Waals surface area (Å²) in [6.45, 7) is 10.4. The molecule has 152 valence electrons. The molecular weight excluding hydrogens is 354 g/mol. The number of piperidine rings is 1. The number of nitrogens with two attached hydrogens (primary N) is 1. The molecule has 2 aliphatic heterocycles. The standard InChI is InChI=1S/C22H31N3O3/c1-5-28-17-8-9-19-18(11-17)15(2)12-22(3,4)25(19)20(26)14-24-10-6-7-16(13-24)21(23)27/h8-9,11-12,16H,5-7,10,13-14H2,1-4H3,(H2,23,27)/t16-/m0/s1. The van der Waals surface area contributed by atoms with Gasteiger partial charge in [0.25, 0.3) is 0 Å². The lowest BCUT2D eigenvalue weighted by atomic mass is 9.88. The first-order valence-electron chi connectivity index (χ1n) is 10.0. The molecule has 0 bridgehead atoms. The van der Waals surface area contributed by atoms with Gasteiger partial charge in [0.2, 0.25) is 11.8 Å². The lowest BCUT2D eigenvalue weighted by Crippen LogP contribution is -2.53. The van der Waals surface area contributed by atoms with Crippen molar-refractivity contribution in [3.63, 3.8) is 0 Å². The summed E-state index contributed by atoms with van der Waals surface area (Å²) < 4.78 is 5.64. The quantitative estimate of drug-likeness (QED) is 0.846. The summed E-state index contributed by atoms with van der Waals surface area (Å²) in [5.74, 6) is 0.396. The monoisotopic (exact) mass is 385 g/mol.